The third-order valence-corrected chi connectivity index (χ3v) is 6.06. The largest absolute Gasteiger partial charge is 0.457 e. The number of esters is 1. The molecule has 0 aliphatic carbocycles. The summed E-state index contributed by atoms with van der Waals surface area (Å²) < 4.78 is 37.3. The molecule has 1 aliphatic rings. The van der Waals surface area contributed by atoms with Crippen LogP contribution >= 0.6 is 0 Å². The van der Waals surface area contributed by atoms with Crippen molar-refractivity contribution in [1.29, 1.82) is 0 Å². The summed E-state index contributed by atoms with van der Waals surface area (Å²) >= 11 is 0. The second kappa shape index (κ2) is 7.99. The molecule has 0 atom stereocenters. The van der Waals surface area contributed by atoms with E-state index in [4.69, 9.17) is 9.47 Å². The zero-order valence-electron chi connectivity index (χ0n) is 14.6. The molecule has 26 heavy (non-hydrogen) atoms. The first kappa shape index (κ1) is 18.6. The van der Waals surface area contributed by atoms with Crippen molar-refractivity contribution in [3.8, 4) is 0 Å². The normalized spacial score (nSPS) is 15.6. The molecule has 0 N–H and O–H groups in total. The van der Waals surface area contributed by atoms with Crippen LogP contribution in [0.3, 0.4) is 0 Å². The van der Waals surface area contributed by atoms with E-state index < -0.39 is 16.0 Å². The summed E-state index contributed by atoms with van der Waals surface area (Å²) in [5, 5.41) is 0. The van der Waals surface area contributed by atoms with Crippen LogP contribution in [0.15, 0.2) is 53.4 Å². The molecule has 0 radical (unpaired) electrons. The molecule has 2 aromatic rings. The van der Waals surface area contributed by atoms with E-state index in [0.29, 0.717) is 37.4 Å². The maximum atomic E-state index is 12.7. The highest BCUT2D eigenvalue weighted by atomic mass is 32.2. The third-order valence-electron chi connectivity index (χ3n) is 4.16. The molecule has 1 heterocycles. The van der Waals surface area contributed by atoms with Crippen LogP contribution in [0.1, 0.15) is 21.5 Å². The van der Waals surface area contributed by atoms with Gasteiger partial charge in [-0.1, -0.05) is 29.8 Å². The Morgan fingerprint density at radius 3 is 2.50 bits per heavy atom. The average molecular weight is 375 g/mol. The lowest BCUT2D eigenvalue weighted by atomic mass is 10.1. The molecule has 1 saturated heterocycles. The van der Waals surface area contributed by atoms with Crippen molar-refractivity contribution in [2.24, 2.45) is 0 Å². The zero-order chi connectivity index (χ0) is 18.6. The lowest BCUT2D eigenvalue weighted by Crippen LogP contribution is -2.40. The van der Waals surface area contributed by atoms with Crippen LogP contribution in [0.25, 0.3) is 0 Å². The predicted octanol–water partition coefficient (Wildman–Crippen LogP) is 2.37. The van der Waals surface area contributed by atoms with Crippen LogP contribution in [0.2, 0.25) is 0 Å². The standard InChI is InChI=1S/C19H21NO5S/c1-15-5-7-17(8-6-15)19(21)25-14-16-3-2-4-18(13-16)26(22,23)20-9-11-24-12-10-20/h2-8,13H,9-12,14H2,1H3. The maximum absolute atomic E-state index is 12.7. The van der Waals surface area contributed by atoms with Crippen LogP contribution in [-0.4, -0.2) is 45.0 Å². The van der Waals surface area contributed by atoms with Gasteiger partial charge in [0.25, 0.3) is 0 Å². The summed E-state index contributed by atoms with van der Waals surface area (Å²) in [6.45, 7) is 3.43. The van der Waals surface area contributed by atoms with Gasteiger partial charge in [-0.2, -0.15) is 4.31 Å². The van der Waals surface area contributed by atoms with Gasteiger partial charge in [-0.25, -0.2) is 13.2 Å². The van der Waals surface area contributed by atoms with E-state index in [2.05, 4.69) is 0 Å². The minimum atomic E-state index is -3.57. The van der Waals surface area contributed by atoms with E-state index in [1.165, 1.54) is 4.31 Å². The number of nitrogens with zero attached hydrogens (tertiary/aromatic N) is 1. The summed E-state index contributed by atoms with van der Waals surface area (Å²) in [6, 6.07) is 13.6. The number of carbonyl (C=O) groups excluding carboxylic acids is 1. The van der Waals surface area contributed by atoms with Gasteiger partial charge >= 0.3 is 5.97 Å². The lowest BCUT2D eigenvalue weighted by molar-refractivity contribution is 0.0472. The number of aryl methyl sites for hydroxylation is 1. The molecule has 2 aromatic carbocycles. The minimum Gasteiger partial charge on any atom is -0.457 e. The van der Waals surface area contributed by atoms with Gasteiger partial charge in [0.2, 0.25) is 10.0 Å². The van der Waals surface area contributed by atoms with Crippen molar-refractivity contribution < 1.29 is 22.7 Å². The Morgan fingerprint density at radius 2 is 1.81 bits per heavy atom. The van der Waals surface area contributed by atoms with Crippen LogP contribution in [0.5, 0.6) is 0 Å². The van der Waals surface area contributed by atoms with Gasteiger partial charge in [-0.05, 0) is 36.8 Å². The molecular formula is C19H21NO5S. The van der Waals surface area contributed by atoms with E-state index >= 15 is 0 Å². The summed E-state index contributed by atoms with van der Waals surface area (Å²) in [5.74, 6) is -0.438. The number of morpholine rings is 1. The summed E-state index contributed by atoms with van der Waals surface area (Å²) in [4.78, 5) is 12.3. The molecule has 7 heteroatoms. The molecule has 138 valence electrons. The Hall–Kier alpha value is -2.22. The van der Waals surface area contributed by atoms with Crippen LogP contribution in [0.4, 0.5) is 0 Å². The quantitative estimate of drug-likeness (QED) is 0.750. The number of ether oxygens (including phenoxy) is 2. The Balaban J connectivity index is 1.69. The topological polar surface area (TPSA) is 72.9 Å². The molecule has 0 spiro atoms. The summed E-state index contributed by atoms with van der Waals surface area (Å²) in [7, 11) is -3.57. The average Bonchev–Trinajstić information content (AvgIpc) is 2.67. The summed E-state index contributed by atoms with van der Waals surface area (Å²) in [5.41, 5.74) is 2.15. The lowest BCUT2D eigenvalue weighted by Gasteiger charge is -2.26. The Labute approximate surface area is 153 Å². The second-order valence-electron chi connectivity index (χ2n) is 6.11. The minimum absolute atomic E-state index is 0.0131. The fourth-order valence-electron chi connectivity index (χ4n) is 2.65. The Bertz CT molecular complexity index is 871. The van der Waals surface area contributed by atoms with Crippen molar-refractivity contribution in [1.82, 2.24) is 4.31 Å². The molecule has 0 bridgehead atoms. The molecule has 0 unspecified atom stereocenters. The van der Waals surface area contributed by atoms with E-state index in [9.17, 15) is 13.2 Å². The van der Waals surface area contributed by atoms with Gasteiger partial charge in [0, 0.05) is 13.1 Å². The molecule has 0 amide bonds. The molecular weight excluding hydrogens is 354 g/mol. The smallest absolute Gasteiger partial charge is 0.338 e. The first-order valence-electron chi connectivity index (χ1n) is 8.37. The van der Waals surface area contributed by atoms with Gasteiger partial charge in [0.05, 0.1) is 23.7 Å². The predicted molar refractivity (Wildman–Crippen MR) is 96.3 cm³/mol. The van der Waals surface area contributed by atoms with Gasteiger partial charge < -0.3 is 9.47 Å². The number of carbonyl (C=O) groups is 1. The van der Waals surface area contributed by atoms with E-state index in [1.807, 2.05) is 19.1 Å². The van der Waals surface area contributed by atoms with Crippen molar-refractivity contribution in [2.75, 3.05) is 26.3 Å². The molecule has 6 nitrogen and oxygen atoms in total. The van der Waals surface area contributed by atoms with Crippen molar-refractivity contribution in [3.63, 3.8) is 0 Å². The summed E-state index contributed by atoms with van der Waals surface area (Å²) in [6.07, 6.45) is 0. The number of hydrogen-bond donors (Lipinski definition) is 0. The van der Waals surface area contributed by atoms with Gasteiger partial charge in [-0.15, -0.1) is 0 Å². The molecule has 0 aromatic heterocycles. The van der Waals surface area contributed by atoms with E-state index in [1.54, 1.807) is 36.4 Å². The first-order valence-corrected chi connectivity index (χ1v) is 9.81. The highest BCUT2D eigenvalue weighted by molar-refractivity contribution is 7.89. The van der Waals surface area contributed by atoms with Gasteiger partial charge in [0.1, 0.15) is 6.61 Å². The first-order chi connectivity index (χ1) is 12.5. The number of hydrogen-bond acceptors (Lipinski definition) is 5. The number of sulfonamides is 1. The van der Waals surface area contributed by atoms with Crippen LogP contribution in [0, 0.1) is 6.92 Å². The van der Waals surface area contributed by atoms with Crippen molar-refractivity contribution in [2.45, 2.75) is 18.4 Å². The fraction of sp³-hybridized carbons (Fsp3) is 0.316. The molecule has 0 saturated carbocycles. The third kappa shape index (κ3) is 4.30. The van der Waals surface area contributed by atoms with Crippen LogP contribution < -0.4 is 0 Å². The maximum Gasteiger partial charge on any atom is 0.338 e. The van der Waals surface area contributed by atoms with E-state index in [0.717, 1.165) is 5.56 Å². The van der Waals surface area contributed by atoms with Gasteiger partial charge in [0.15, 0.2) is 0 Å². The highest BCUT2D eigenvalue weighted by Crippen LogP contribution is 2.19. The second-order valence-corrected chi connectivity index (χ2v) is 8.04. The monoisotopic (exact) mass is 375 g/mol. The zero-order valence-corrected chi connectivity index (χ0v) is 15.4. The van der Waals surface area contributed by atoms with Crippen LogP contribution in [-0.2, 0) is 26.1 Å². The highest BCUT2D eigenvalue weighted by Gasteiger charge is 2.26. The molecule has 3 rings (SSSR count). The van der Waals surface area contributed by atoms with Crippen molar-refractivity contribution in [3.05, 3.63) is 65.2 Å². The molecule has 1 fully saturated rings. The SMILES string of the molecule is Cc1ccc(C(=O)OCc2cccc(S(=O)(=O)N3CCOCC3)c2)cc1. The number of rotatable bonds is 5. The van der Waals surface area contributed by atoms with Crippen molar-refractivity contribution >= 4 is 16.0 Å². The molecule has 1 aliphatic heterocycles. The van der Waals surface area contributed by atoms with E-state index in [-0.39, 0.29) is 11.5 Å². The fourth-order valence-corrected chi connectivity index (χ4v) is 4.13. The Morgan fingerprint density at radius 1 is 1.12 bits per heavy atom. The number of benzene rings is 2. The Kier molecular flexibility index (Phi) is 5.70. The van der Waals surface area contributed by atoms with Gasteiger partial charge in [-0.3, -0.25) is 0 Å².